The lowest BCUT2D eigenvalue weighted by Gasteiger charge is -2.32. The molecule has 0 radical (unpaired) electrons. The Morgan fingerprint density at radius 1 is 1.30 bits per heavy atom. The molecule has 1 aliphatic rings. The van der Waals surface area contributed by atoms with Gasteiger partial charge in [0.05, 0.1) is 12.7 Å². The SMILES string of the molecule is COC(=O)c1cc(C)sc1NC(=O)N1CCN(C)CC1. The van der Waals surface area contributed by atoms with Crippen molar-refractivity contribution in [2.45, 2.75) is 6.92 Å². The van der Waals surface area contributed by atoms with Gasteiger partial charge in [0.25, 0.3) is 0 Å². The topological polar surface area (TPSA) is 61.9 Å². The van der Waals surface area contributed by atoms with Gasteiger partial charge in [-0.1, -0.05) is 0 Å². The number of likely N-dealkylation sites (N-methyl/N-ethyl adjacent to an activating group) is 1. The van der Waals surface area contributed by atoms with Gasteiger partial charge in [0.2, 0.25) is 0 Å². The summed E-state index contributed by atoms with van der Waals surface area (Å²) in [5, 5.41) is 3.37. The average molecular weight is 297 g/mol. The van der Waals surface area contributed by atoms with E-state index >= 15 is 0 Å². The highest BCUT2D eigenvalue weighted by Crippen LogP contribution is 2.28. The van der Waals surface area contributed by atoms with Gasteiger partial charge in [0.1, 0.15) is 5.00 Å². The van der Waals surface area contributed by atoms with Gasteiger partial charge in [-0.05, 0) is 20.0 Å². The van der Waals surface area contributed by atoms with Crippen LogP contribution in [0, 0.1) is 6.92 Å². The maximum absolute atomic E-state index is 12.2. The maximum Gasteiger partial charge on any atom is 0.340 e. The summed E-state index contributed by atoms with van der Waals surface area (Å²) in [7, 11) is 3.37. The van der Waals surface area contributed by atoms with E-state index in [4.69, 9.17) is 4.74 Å². The Kier molecular flexibility index (Phi) is 4.61. The van der Waals surface area contributed by atoms with Crippen molar-refractivity contribution in [3.63, 3.8) is 0 Å². The van der Waals surface area contributed by atoms with Crippen molar-refractivity contribution in [3.8, 4) is 0 Å². The maximum atomic E-state index is 12.2. The molecule has 1 aromatic heterocycles. The first-order chi connectivity index (χ1) is 9.51. The van der Waals surface area contributed by atoms with Crippen LogP contribution < -0.4 is 5.32 Å². The number of thiophene rings is 1. The Hall–Kier alpha value is -1.60. The van der Waals surface area contributed by atoms with Gasteiger partial charge >= 0.3 is 12.0 Å². The summed E-state index contributed by atoms with van der Waals surface area (Å²) >= 11 is 1.38. The molecule has 1 fully saturated rings. The van der Waals surface area contributed by atoms with Crippen LogP contribution in [0.25, 0.3) is 0 Å². The first kappa shape index (κ1) is 14.8. The summed E-state index contributed by atoms with van der Waals surface area (Å²) in [6.07, 6.45) is 0. The Labute approximate surface area is 122 Å². The molecule has 0 saturated carbocycles. The number of hydrogen-bond acceptors (Lipinski definition) is 5. The molecule has 6 nitrogen and oxygen atoms in total. The second kappa shape index (κ2) is 6.23. The second-order valence-corrected chi connectivity index (χ2v) is 6.07. The zero-order valence-electron chi connectivity index (χ0n) is 11.9. The van der Waals surface area contributed by atoms with Crippen molar-refractivity contribution in [1.29, 1.82) is 0 Å². The third-order valence-corrected chi connectivity index (χ3v) is 4.24. The normalized spacial score (nSPS) is 16.1. The Bertz CT molecular complexity index is 507. The molecule has 1 saturated heterocycles. The molecule has 0 aliphatic carbocycles. The third kappa shape index (κ3) is 3.29. The van der Waals surface area contributed by atoms with Crippen LogP contribution in [0.5, 0.6) is 0 Å². The molecule has 20 heavy (non-hydrogen) atoms. The van der Waals surface area contributed by atoms with Crippen molar-refractivity contribution in [3.05, 3.63) is 16.5 Å². The number of hydrogen-bond donors (Lipinski definition) is 1. The van der Waals surface area contributed by atoms with Crippen molar-refractivity contribution >= 4 is 28.3 Å². The summed E-state index contributed by atoms with van der Waals surface area (Å²) in [6, 6.07) is 1.57. The van der Waals surface area contributed by atoms with E-state index in [9.17, 15) is 9.59 Å². The lowest BCUT2D eigenvalue weighted by atomic mass is 10.3. The molecular weight excluding hydrogens is 278 g/mol. The van der Waals surface area contributed by atoms with Gasteiger partial charge in [-0.2, -0.15) is 0 Å². The molecule has 1 aliphatic heterocycles. The third-order valence-electron chi connectivity index (χ3n) is 3.27. The van der Waals surface area contributed by atoms with Crippen LogP contribution in [0.4, 0.5) is 9.80 Å². The number of anilines is 1. The second-order valence-electron chi connectivity index (χ2n) is 4.81. The van der Waals surface area contributed by atoms with Crippen molar-refractivity contribution in [2.75, 3.05) is 45.7 Å². The fourth-order valence-corrected chi connectivity index (χ4v) is 2.94. The highest BCUT2D eigenvalue weighted by Gasteiger charge is 2.22. The van der Waals surface area contributed by atoms with E-state index in [2.05, 4.69) is 10.2 Å². The quantitative estimate of drug-likeness (QED) is 0.843. The van der Waals surface area contributed by atoms with Crippen molar-refractivity contribution in [1.82, 2.24) is 9.80 Å². The summed E-state index contributed by atoms with van der Waals surface area (Å²) in [6.45, 7) is 5.00. The number of amides is 2. The fourth-order valence-electron chi connectivity index (χ4n) is 2.05. The summed E-state index contributed by atoms with van der Waals surface area (Å²) in [5.41, 5.74) is 0.414. The molecule has 110 valence electrons. The van der Waals surface area contributed by atoms with Gasteiger partial charge in [-0.15, -0.1) is 11.3 Å². The van der Waals surface area contributed by atoms with Crippen LogP contribution in [0.15, 0.2) is 6.07 Å². The number of methoxy groups -OCH3 is 1. The molecule has 2 heterocycles. The van der Waals surface area contributed by atoms with Crippen molar-refractivity contribution < 1.29 is 14.3 Å². The molecule has 0 bridgehead atoms. The Balaban J connectivity index is 2.06. The van der Waals surface area contributed by atoms with Crippen LogP contribution in [0.1, 0.15) is 15.2 Å². The lowest BCUT2D eigenvalue weighted by Crippen LogP contribution is -2.48. The Morgan fingerprint density at radius 2 is 1.95 bits per heavy atom. The summed E-state index contributed by atoms with van der Waals surface area (Å²) in [5.74, 6) is -0.428. The lowest BCUT2D eigenvalue weighted by molar-refractivity contribution is 0.0602. The molecular formula is C13H19N3O3S. The van der Waals surface area contributed by atoms with Gasteiger partial charge in [0.15, 0.2) is 0 Å². The van der Waals surface area contributed by atoms with Gasteiger partial charge in [0, 0.05) is 31.1 Å². The van der Waals surface area contributed by atoms with E-state index in [1.54, 1.807) is 11.0 Å². The summed E-state index contributed by atoms with van der Waals surface area (Å²) in [4.78, 5) is 28.8. The van der Waals surface area contributed by atoms with E-state index < -0.39 is 5.97 Å². The number of carbonyl (C=O) groups is 2. The van der Waals surface area contributed by atoms with Crippen LogP contribution >= 0.6 is 11.3 Å². The van der Waals surface area contributed by atoms with E-state index in [1.165, 1.54) is 18.4 Å². The molecule has 0 unspecified atom stereocenters. The Morgan fingerprint density at radius 3 is 2.55 bits per heavy atom. The molecule has 0 aromatic carbocycles. The predicted octanol–water partition coefficient (Wildman–Crippen LogP) is 1.62. The minimum Gasteiger partial charge on any atom is -0.465 e. The van der Waals surface area contributed by atoms with E-state index in [1.807, 2.05) is 14.0 Å². The number of ether oxygens (including phenoxy) is 1. The number of aryl methyl sites for hydroxylation is 1. The van der Waals surface area contributed by atoms with Crippen molar-refractivity contribution in [2.24, 2.45) is 0 Å². The highest BCUT2D eigenvalue weighted by molar-refractivity contribution is 7.16. The van der Waals surface area contributed by atoms with E-state index in [-0.39, 0.29) is 6.03 Å². The zero-order valence-corrected chi connectivity index (χ0v) is 12.7. The van der Waals surface area contributed by atoms with Crippen LogP contribution in [-0.2, 0) is 4.74 Å². The summed E-state index contributed by atoms with van der Waals surface area (Å²) < 4.78 is 4.73. The van der Waals surface area contributed by atoms with Gasteiger partial charge in [-0.3, -0.25) is 5.32 Å². The van der Waals surface area contributed by atoms with E-state index in [0.717, 1.165) is 18.0 Å². The predicted molar refractivity (Wildman–Crippen MR) is 78.5 cm³/mol. The molecule has 0 atom stereocenters. The smallest absolute Gasteiger partial charge is 0.340 e. The monoisotopic (exact) mass is 297 g/mol. The largest absolute Gasteiger partial charge is 0.465 e. The minimum atomic E-state index is -0.428. The van der Waals surface area contributed by atoms with Gasteiger partial charge < -0.3 is 14.5 Å². The zero-order chi connectivity index (χ0) is 14.7. The average Bonchev–Trinajstić information content (AvgIpc) is 2.79. The number of carbonyl (C=O) groups excluding carboxylic acids is 2. The van der Waals surface area contributed by atoms with Crippen LogP contribution in [-0.4, -0.2) is 62.1 Å². The number of esters is 1. The molecule has 2 rings (SSSR count). The van der Waals surface area contributed by atoms with E-state index in [0.29, 0.717) is 23.7 Å². The first-order valence-electron chi connectivity index (χ1n) is 6.44. The minimum absolute atomic E-state index is 0.162. The molecule has 7 heteroatoms. The highest BCUT2D eigenvalue weighted by atomic mass is 32.1. The molecule has 0 spiro atoms. The standard InChI is InChI=1S/C13H19N3O3S/c1-9-8-10(12(17)19-3)11(20-9)14-13(18)16-6-4-15(2)5-7-16/h8H,4-7H2,1-3H3,(H,14,18). The number of rotatable bonds is 2. The van der Waals surface area contributed by atoms with Crippen LogP contribution in [0.2, 0.25) is 0 Å². The molecule has 1 N–H and O–H groups in total. The van der Waals surface area contributed by atoms with Crippen LogP contribution in [0.3, 0.4) is 0 Å². The first-order valence-corrected chi connectivity index (χ1v) is 7.26. The fraction of sp³-hybridized carbons (Fsp3) is 0.538. The number of piperazine rings is 1. The van der Waals surface area contributed by atoms with Gasteiger partial charge in [-0.25, -0.2) is 9.59 Å². The number of nitrogens with one attached hydrogen (secondary N) is 1. The molecule has 2 amide bonds. The number of urea groups is 1. The number of nitrogens with zero attached hydrogens (tertiary/aromatic N) is 2. The molecule has 1 aromatic rings.